The molecule has 1 aromatic carbocycles. The third-order valence-corrected chi connectivity index (χ3v) is 5.02. The van der Waals surface area contributed by atoms with Crippen LogP contribution in [-0.4, -0.2) is 22.5 Å². The van der Waals surface area contributed by atoms with E-state index in [1.165, 1.54) is 12.1 Å². The first kappa shape index (κ1) is 21.7. The summed E-state index contributed by atoms with van der Waals surface area (Å²) in [7, 11) is 0. The van der Waals surface area contributed by atoms with Gasteiger partial charge in [0.15, 0.2) is 5.96 Å². The van der Waals surface area contributed by atoms with Crippen molar-refractivity contribution in [2.24, 2.45) is 4.99 Å². The molecule has 2 N–H and O–H groups in total. The second kappa shape index (κ2) is 10.7. The van der Waals surface area contributed by atoms with E-state index in [-0.39, 0.29) is 5.82 Å². The topological polar surface area (TPSA) is 71.4 Å². The van der Waals surface area contributed by atoms with E-state index < -0.39 is 0 Å². The Bertz CT molecular complexity index is 972. The van der Waals surface area contributed by atoms with Crippen LogP contribution in [0.5, 0.6) is 11.6 Å². The number of pyridine rings is 1. The Morgan fingerprint density at radius 3 is 2.77 bits per heavy atom. The van der Waals surface area contributed by atoms with Crippen molar-refractivity contribution in [3.8, 4) is 11.6 Å². The van der Waals surface area contributed by atoms with Crippen LogP contribution in [0.25, 0.3) is 0 Å². The number of guanidine groups is 1. The second-order valence-corrected chi connectivity index (χ2v) is 7.88. The Morgan fingerprint density at radius 2 is 2.10 bits per heavy atom. The summed E-state index contributed by atoms with van der Waals surface area (Å²) in [5.74, 6) is 1.62. The number of ether oxygens (including phenoxy) is 1. The van der Waals surface area contributed by atoms with Gasteiger partial charge in [-0.3, -0.25) is 0 Å². The van der Waals surface area contributed by atoms with Crippen molar-refractivity contribution < 1.29 is 9.13 Å². The highest BCUT2D eigenvalue weighted by atomic mass is 32.1. The average molecular weight is 428 g/mol. The van der Waals surface area contributed by atoms with Crippen molar-refractivity contribution in [1.29, 1.82) is 0 Å². The highest BCUT2D eigenvalue weighted by Crippen LogP contribution is 2.20. The van der Waals surface area contributed by atoms with Crippen LogP contribution in [0.1, 0.15) is 43.0 Å². The van der Waals surface area contributed by atoms with Crippen molar-refractivity contribution >= 4 is 17.3 Å². The van der Waals surface area contributed by atoms with Gasteiger partial charge in [0.05, 0.1) is 18.8 Å². The van der Waals surface area contributed by atoms with Crippen molar-refractivity contribution in [1.82, 2.24) is 20.6 Å². The largest absolute Gasteiger partial charge is 0.439 e. The molecular weight excluding hydrogens is 401 g/mol. The van der Waals surface area contributed by atoms with Gasteiger partial charge in [0.2, 0.25) is 5.88 Å². The molecule has 0 amide bonds. The molecule has 158 valence electrons. The van der Waals surface area contributed by atoms with Gasteiger partial charge in [0.25, 0.3) is 0 Å². The number of aliphatic imine (C=N–C) groups is 1. The number of halogens is 1. The normalized spacial score (nSPS) is 11.6. The Balaban J connectivity index is 1.56. The summed E-state index contributed by atoms with van der Waals surface area (Å²) in [5, 5.41) is 9.69. The Kier molecular flexibility index (Phi) is 7.73. The number of rotatable bonds is 8. The van der Waals surface area contributed by atoms with Crippen molar-refractivity contribution in [2.75, 3.05) is 6.54 Å². The molecule has 0 aliphatic heterocycles. The SMILES string of the molecule is CCNC(=NCc1ccc(Oc2cccc(F)c2)nc1)NCc1nc(C(C)C)cs1. The lowest BCUT2D eigenvalue weighted by Gasteiger charge is -2.10. The fraction of sp³-hybridized carbons (Fsp3) is 0.318. The lowest BCUT2D eigenvalue weighted by atomic mass is 10.2. The summed E-state index contributed by atoms with van der Waals surface area (Å²) in [6, 6.07) is 9.61. The van der Waals surface area contributed by atoms with Crippen LogP contribution in [0.4, 0.5) is 4.39 Å². The van der Waals surface area contributed by atoms with Gasteiger partial charge in [-0.2, -0.15) is 0 Å². The first-order valence-corrected chi connectivity index (χ1v) is 10.8. The first-order chi connectivity index (χ1) is 14.5. The summed E-state index contributed by atoms with van der Waals surface area (Å²) in [6.07, 6.45) is 1.71. The van der Waals surface area contributed by atoms with Crippen LogP contribution >= 0.6 is 11.3 Å². The zero-order chi connectivity index (χ0) is 21.3. The molecule has 0 fully saturated rings. The van der Waals surface area contributed by atoms with Gasteiger partial charge in [-0.05, 0) is 30.5 Å². The molecule has 0 spiro atoms. The molecule has 0 unspecified atom stereocenters. The molecule has 0 radical (unpaired) electrons. The van der Waals surface area contributed by atoms with Crippen LogP contribution in [0, 0.1) is 5.82 Å². The Morgan fingerprint density at radius 1 is 1.23 bits per heavy atom. The predicted molar refractivity (Wildman–Crippen MR) is 119 cm³/mol. The molecule has 30 heavy (non-hydrogen) atoms. The molecule has 3 aromatic rings. The lowest BCUT2D eigenvalue weighted by molar-refractivity contribution is 0.457. The Labute approximate surface area is 180 Å². The molecule has 6 nitrogen and oxygen atoms in total. The zero-order valence-corrected chi connectivity index (χ0v) is 18.2. The maximum absolute atomic E-state index is 13.3. The van der Waals surface area contributed by atoms with Crippen molar-refractivity contribution in [3.63, 3.8) is 0 Å². The van der Waals surface area contributed by atoms with E-state index in [9.17, 15) is 4.39 Å². The summed E-state index contributed by atoms with van der Waals surface area (Å²) < 4.78 is 18.8. The highest BCUT2D eigenvalue weighted by Gasteiger charge is 2.07. The molecular formula is C22H26FN5OS. The number of hydrogen-bond donors (Lipinski definition) is 2. The van der Waals surface area contributed by atoms with E-state index in [1.807, 2.05) is 13.0 Å². The van der Waals surface area contributed by atoms with Crippen LogP contribution in [0.3, 0.4) is 0 Å². The molecule has 0 atom stereocenters. The monoisotopic (exact) mass is 427 g/mol. The minimum absolute atomic E-state index is 0.347. The molecule has 2 aromatic heterocycles. The molecule has 0 aliphatic carbocycles. The molecule has 8 heteroatoms. The van der Waals surface area contributed by atoms with Crippen LogP contribution in [-0.2, 0) is 13.1 Å². The predicted octanol–water partition coefficient (Wildman–Crippen LogP) is 4.85. The van der Waals surface area contributed by atoms with Gasteiger partial charge < -0.3 is 15.4 Å². The Hall–Kier alpha value is -3.00. The van der Waals surface area contributed by atoms with E-state index in [2.05, 4.69) is 44.8 Å². The van der Waals surface area contributed by atoms with Gasteiger partial charge in [-0.15, -0.1) is 11.3 Å². The maximum Gasteiger partial charge on any atom is 0.219 e. The number of aromatic nitrogens is 2. The number of thiazole rings is 1. The summed E-state index contributed by atoms with van der Waals surface area (Å²) in [5.41, 5.74) is 2.06. The average Bonchev–Trinajstić information content (AvgIpc) is 3.21. The minimum atomic E-state index is -0.347. The van der Waals surface area contributed by atoms with Crippen LogP contribution in [0.2, 0.25) is 0 Å². The summed E-state index contributed by atoms with van der Waals surface area (Å²) >= 11 is 1.65. The highest BCUT2D eigenvalue weighted by molar-refractivity contribution is 7.09. The van der Waals surface area contributed by atoms with Gasteiger partial charge >= 0.3 is 0 Å². The standard InChI is InChI=1S/C22H26FN5OS/c1-4-24-22(27-13-21-28-19(14-30-21)15(2)3)26-12-16-8-9-20(25-11-16)29-18-7-5-6-17(23)10-18/h5-11,14-15H,4,12-13H2,1-3H3,(H2,24,26,27). The van der Waals surface area contributed by atoms with E-state index in [4.69, 9.17) is 4.74 Å². The lowest BCUT2D eigenvalue weighted by Crippen LogP contribution is -2.36. The van der Waals surface area contributed by atoms with E-state index in [0.29, 0.717) is 30.6 Å². The molecule has 0 aliphatic rings. The second-order valence-electron chi connectivity index (χ2n) is 6.93. The third-order valence-electron chi connectivity index (χ3n) is 4.15. The van der Waals surface area contributed by atoms with Gasteiger partial charge in [0.1, 0.15) is 16.6 Å². The van der Waals surface area contributed by atoms with Gasteiger partial charge in [-0.25, -0.2) is 19.4 Å². The maximum atomic E-state index is 13.3. The van der Waals surface area contributed by atoms with E-state index >= 15 is 0 Å². The smallest absolute Gasteiger partial charge is 0.219 e. The molecule has 2 heterocycles. The fourth-order valence-electron chi connectivity index (χ4n) is 2.56. The number of benzene rings is 1. The zero-order valence-electron chi connectivity index (χ0n) is 17.4. The van der Waals surface area contributed by atoms with Crippen molar-refractivity contribution in [2.45, 2.75) is 39.8 Å². The number of nitrogens with zero attached hydrogens (tertiary/aromatic N) is 3. The van der Waals surface area contributed by atoms with Crippen LogP contribution in [0.15, 0.2) is 53.0 Å². The number of nitrogens with one attached hydrogen (secondary N) is 2. The third kappa shape index (κ3) is 6.52. The summed E-state index contributed by atoms with van der Waals surface area (Å²) in [6.45, 7) is 8.16. The molecule has 0 saturated heterocycles. The quantitative estimate of drug-likeness (QED) is 0.397. The number of hydrogen-bond acceptors (Lipinski definition) is 5. The van der Waals surface area contributed by atoms with E-state index in [0.717, 1.165) is 28.8 Å². The fourth-order valence-corrected chi connectivity index (χ4v) is 3.45. The molecule has 0 bridgehead atoms. The van der Waals surface area contributed by atoms with Gasteiger partial charge in [0, 0.05) is 30.3 Å². The molecule has 3 rings (SSSR count). The minimum Gasteiger partial charge on any atom is -0.439 e. The van der Waals surface area contributed by atoms with E-state index in [1.54, 1.807) is 35.7 Å². The first-order valence-electron chi connectivity index (χ1n) is 9.88. The van der Waals surface area contributed by atoms with Crippen molar-refractivity contribution in [3.05, 3.63) is 70.1 Å². The van der Waals surface area contributed by atoms with Gasteiger partial charge in [-0.1, -0.05) is 26.0 Å². The summed E-state index contributed by atoms with van der Waals surface area (Å²) in [4.78, 5) is 13.5. The molecule has 0 saturated carbocycles. The van der Waals surface area contributed by atoms with Crippen LogP contribution < -0.4 is 15.4 Å².